The standard InChI is InChI=1S/C20H25N3O3/c1-14-17(8-5-9-18(14)23-10-2-3-11-23)22-20(26)21-13-19(25)15-6-4-7-16(24)12-15/h4-9,12,19,24-25H,2-3,10-11,13H2,1H3,(H2,21,22,26). The molecule has 1 aliphatic heterocycles. The van der Waals surface area contributed by atoms with Crippen molar-refractivity contribution in [1.29, 1.82) is 0 Å². The van der Waals surface area contributed by atoms with Gasteiger partial charge in [0.2, 0.25) is 0 Å². The number of carbonyl (C=O) groups is 1. The number of hydrogen-bond acceptors (Lipinski definition) is 4. The summed E-state index contributed by atoms with van der Waals surface area (Å²) < 4.78 is 0. The van der Waals surface area contributed by atoms with Crippen LogP contribution in [-0.2, 0) is 0 Å². The van der Waals surface area contributed by atoms with Crippen LogP contribution < -0.4 is 15.5 Å². The Morgan fingerprint density at radius 3 is 2.65 bits per heavy atom. The number of amides is 2. The highest BCUT2D eigenvalue weighted by Crippen LogP contribution is 2.29. The number of aliphatic hydroxyl groups excluding tert-OH is 1. The zero-order valence-electron chi connectivity index (χ0n) is 14.9. The van der Waals surface area contributed by atoms with E-state index in [0.29, 0.717) is 5.56 Å². The minimum absolute atomic E-state index is 0.0557. The average molecular weight is 355 g/mol. The molecule has 3 rings (SSSR count). The molecule has 138 valence electrons. The van der Waals surface area contributed by atoms with Crippen LogP contribution >= 0.6 is 0 Å². The molecular formula is C20H25N3O3. The molecule has 1 atom stereocenters. The van der Waals surface area contributed by atoms with Crippen LogP contribution in [0.5, 0.6) is 5.75 Å². The van der Waals surface area contributed by atoms with Crippen molar-refractivity contribution in [3.63, 3.8) is 0 Å². The summed E-state index contributed by atoms with van der Waals surface area (Å²) in [7, 11) is 0. The van der Waals surface area contributed by atoms with Crippen molar-refractivity contribution in [2.75, 3.05) is 29.9 Å². The molecule has 26 heavy (non-hydrogen) atoms. The molecule has 1 fully saturated rings. The fourth-order valence-electron chi connectivity index (χ4n) is 3.27. The molecule has 1 unspecified atom stereocenters. The largest absolute Gasteiger partial charge is 0.508 e. The highest BCUT2D eigenvalue weighted by Gasteiger charge is 2.17. The van der Waals surface area contributed by atoms with Gasteiger partial charge in [0.15, 0.2) is 0 Å². The number of rotatable bonds is 5. The zero-order chi connectivity index (χ0) is 18.5. The molecule has 4 N–H and O–H groups in total. The molecule has 2 aromatic carbocycles. The van der Waals surface area contributed by atoms with Gasteiger partial charge in [0.25, 0.3) is 0 Å². The Balaban J connectivity index is 1.59. The molecule has 0 aliphatic carbocycles. The third-order valence-corrected chi connectivity index (χ3v) is 4.71. The fraction of sp³-hybridized carbons (Fsp3) is 0.350. The maximum atomic E-state index is 12.2. The summed E-state index contributed by atoms with van der Waals surface area (Å²) in [4.78, 5) is 14.5. The molecule has 0 aromatic heterocycles. The minimum Gasteiger partial charge on any atom is -0.508 e. The van der Waals surface area contributed by atoms with E-state index < -0.39 is 6.10 Å². The second-order valence-corrected chi connectivity index (χ2v) is 6.59. The van der Waals surface area contributed by atoms with Crippen molar-refractivity contribution in [1.82, 2.24) is 5.32 Å². The maximum absolute atomic E-state index is 12.2. The number of nitrogens with one attached hydrogen (secondary N) is 2. The Labute approximate surface area is 153 Å². The predicted octanol–water partition coefficient (Wildman–Crippen LogP) is 3.16. The molecule has 6 heteroatoms. The van der Waals surface area contributed by atoms with Gasteiger partial charge in [-0.15, -0.1) is 0 Å². The quantitative estimate of drug-likeness (QED) is 0.664. The van der Waals surface area contributed by atoms with Crippen LogP contribution in [-0.4, -0.2) is 35.9 Å². The summed E-state index contributed by atoms with van der Waals surface area (Å²) in [5, 5.41) is 25.1. The van der Waals surface area contributed by atoms with E-state index in [1.807, 2.05) is 19.1 Å². The van der Waals surface area contributed by atoms with Gasteiger partial charge in [-0.2, -0.15) is 0 Å². The Hall–Kier alpha value is -2.73. The van der Waals surface area contributed by atoms with E-state index in [2.05, 4.69) is 21.6 Å². The van der Waals surface area contributed by atoms with Crippen molar-refractivity contribution in [3.8, 4) is 5.75 Å². The van der Waals surface area contributed by atoms with Crippen LogP contribution in [0.4, 0.5) is 16.2 Å². The molecule has 2 amide bonds. The van der Waals surface area contributed by atoms with Crippen LogP contribution in [0.1, 0.15) is 30.1 Å². The first-order valence-electron chi connectivity index (χ1n) is 8.91. The molecule has 6 nitrogen and oxygen atoms in total. The van der Waals surface area contributed by atoms with Gasteiger partial charge in [0.1, 0.15) is 5.75 Å². The third-order valence-electron chi connectivity index (χ3n) is 4.71. The van der Waals surface area contributed by atoms with Gasteiger partial charge in [-0.3, -0.25) is 0 Å². The van der Waals surface area contributed by atoms with Gasteiger partial charge in [-0.25, -0.2) is 4.79 Å². The molecule has 1 saturated heterocycles. The Bertz CT molecular complexity index is 773. The number of phenolic OH excluding ortho intramolecular Hbond substituents is 1. The predicted molar refractivity (Wildman–Crippen MR) is 103 cm³/mol. The Morgan fingerprint density at radius 2 is 1.92 bits per heavy atom. The summed E-state index contributed by atoms with van der Waals surface area (Å²) in [5.74, 6) is 0.0837. The smallest absolute Gasteiger partial charge is 0.319 e. The monoisotopic (exact) mass is 355 g/mol. The summed E-state index contributed by atoms with van der Waals surface area (Å²) >= 11 is 0. The molecule has 0 saturated carbocycles. The van der Waals surface area contributed by atoms with Crippen LogP contribution in [0.25, 0.3) is 0 Å². The normalized spacial score (nSPS) is 14.9. The van der Waals surface area contributed by atoms with E-state index in [9.17, 15) is 15.0 Å². The van der Waals surface area contributed by atoms with Crippen LogP contribution in [0, 0.1) is 6.92 Å². The van der Waals surface area contributed by atoms with Gasteiger partial charge in [-0.05, 0) is 55.2 Å². The lowest BCUT2D eigenvalue weighted by molar-refractivity contribution is 0.175. The van der Waals surface area contributed by atoms with Crippen LogP contribution in [0.2, 0.25) is 0 Å². The molecule has 1 heterocycles. The molecular weight excluding hydrogens is 330 g/mol. The van der Waals surface area contributed by atoms with E-state index in [-0.39, 0.29) is 18.3 Å². The summed E-state index contributed by atoms with van der Waals surface area (Å²) in [6.45, 7) is 4.16. The fourth-order valence-corrected chi connectivity index (χ4v) is 3.27. The lowest BCUT2D eigenvalue weighted by atomic mass is 10.1. The average Bonchev–Trinajstić information content (AvgIpc) is 3.16. The first-order valence-corrected chi connectivity index (χ1v) is 8.91. The van der Waals surface area contributed by atoms with Gasteiger partial charge >= 0.3 is 6.03 Å². The number of hydrogen-bond donors (Lipinski definition) is 4. The van der Waals surface area contributed by atoms with Crippen molar-refractivity contribution < 1.29 is 15.0 Å². The van der Waals surface area contributed by atoms with Crippen molar-refractivity contribution >= 4 is 17.4 Å². The molecule has 0 bridgehead atoms. The summed E-state index contributed by atoms with van der Waals surface area (Å²) in [6.07, 6.45) is 1.51. The van der Waals surface area contributed by atoms with Gasteiger partial charge < -0.3 is 25.7 Å². The Morgan fingerprint density at radius 1 is 1.19 bits per heavy atom. The number of phenols is 1. The van der Waals surface area contributed by atoms with Gasteiger partial charge in [-0.1, -0.05) is 18.2 Å². The molecule has 1 aliphatic rings. The second kappa shape index (κ2) is 8.10. The third kappa shape index (κ3) is 4.26. The highest BCUT2D eigenvalue weighted by molar-refractivity contribution is 5.91. The van der Waals surface area contributed by atoms with E-state index in [1.165, 1.54) is 25.0 Å². The molecule has 2 aromatic rings. The van der Waals surface area contributed by atoms with Crippen LogP contribution in [0.3, 0.4) is 0 Å². The van der Waals surface area contributed by atoms with E-state index >= 15 is 0 Å². The number of nitrogens with zero attached hydrogens (tertiary/aromatic N) is 1. The topological polar surface area (TPSA) is 84.8 Å². The molecule has 0 spiro atoms. The first-order chi connectivity index (χ1) is 12.5. The van der Waals surface area contributed by atoms with E-state index in [0.717, 1.165) is 30.0 Å². The Kier molecular flexibility index (Phi) is 5.63. The van der Waals surface area contributed by atoms with Crippen molar-refractivity contribution in [2.24, 2.45) is 0 Å². The SMILES string of the molecule is Cc1c(NC(=O)NCC(O)c2cccc(O)c2)cccc1N1CCCC1. The van der Waals surface area contributed by atoms with Crippen molar-refractivity contribution in [2.45, 2.75) is 25.9 Å². The lowest BCUT2D eigenvalue weighted by Gasteiger charge is -2.22. The number of aliphatic hydroxyl groups is 1. The highest BCUT2D eigenvalue weighted by atomic mass is 16.3. The number of aromatic hydroxyl groups is 1. The minimum atomic E-state index is -0.884. The van der Waals surface area contributed by atoms with Crippen LogP contribution in [0.15, 0.2) is 42.5 Å². The molecule has 0 radical (unpaired) electrons. The zero-order valence-corrected chi connectivity index (χ0v) is 14.9. The van der Waals surface area contributed by atoms with Gasteiger partial charge in [0.05, 0.1) is 6.10 Å². The second-order valence-electron chi connectivity index (χ2n) is 6.59. The number of anilines is 2. The number of carbonyl (C=O) groups excluding carboxylic acids is 1. The lowest BCUT2D eigenvalue weighted by Crippen LogP contribution is -2.32. The van der Waals surface area contributed by atoms with Gasteiger partial charge in [0, 0.05) is 31.0 Å². The summed E-state index contributed by atoms with van der Waals surface area (Å²) in [6, 6.07) is 11.9. The van der Waals surface area contributed by atoms with E-state index in [1.54, 1.807) is 12.1 Å². The van der Waals surface area contributed by atoms with E-state index in [4.69, 9.17) is 0 Å². The maximum Gasteiger partial charge on any atom is 0.319 e. The first kappa shape index (κ1) is 18.1. The number of urea groups is 1. The number of benzene rings is 2. The van der Waals surface area contributed by atoms with Crippen molar-refractivity contribution in [3.05, 3.63) is 53.6 Å². The summed E-state index contributed by atoms with van der Waals surface area (Å²) in [5.41, 5.74) is 3.51.